The van der Waals surface area contributed by atoms with Crippen LogP contribution in [0.15, 0.2) is 42.6 Å². The van der Waals surface area contributed by atoms with E-state index in [-0.39, 0.29) is 17.8 Å². The van der Waals surface area contributed by atoms with Crippen molar-refractivity contribution in [2.45, 2.75) is 38.9 Å². The maximum atomic E-state index is 12.9. The molecule has 3 amide bonds. The molecule has 0 unspecified atom stereocenters. The van der Waals surface area contributed by atoms with Gasteiger partial charge in [-0.3, -0.25) is 4.79 Å². The number of hydrogen-bond acceptors (Lipinski definition) is 7. The first-order valence-corrected chi connectivity index (χ1v) is 12.1. The molecule has 4 N–H and O–H groups in total. The molecular weight excluding hydrogens is 450 g/mol. The zero-order chi connectivity index (χ0) is 23.7. The number of fused-ring (bicyclic) bond motifs is 1. The number of piperidine rings is 1. The molecule has 176 valence electrons. The predicted molar refractivity (Wildman–Crippen MR) is 132 cm³/mol. The lowest BCUT2D eigenvalue weighted by Crippen LogP contribution is -2.50. The van der Waals surface area contributed by atoms with Gasteiger partial charge in [0.2, 0.25) is 0 Å². The van der Waals surface area contributed by atoms with E-state index in [4.69, 9.17) is 5.73 Å². The maximum absolute atomic E-state index is 12.9. The fourth-order valence-corrected chi connectivity index (χ4v) is 5.22. The van der Waals surface area contributed by atoms with Gasteiger partial charge in [0, 0.05) is 32.2 Å². The molecule has 2 aliphatic heterocycles. The molecule has 0 radical (unpaired) electrons. The lowest BCUT2D eigenvalue weighted by atomic mass is 10.1. The van der Waals surface area contributed by atoms with Gasteiger partial charge in [-0.2, -0.15) is 4.37 Å². The van der Waals surface area contributed by atoms with Gasteiger partial charge in [0.25, 0.3) is 5.91 Å². The average molecular weight is 478 g/mol. The molecule has 1 atom stereocenters. The van der Waals surface area contributed by atoms with Crippen LogP contribution in [0.2, 0.25) is 0 Å². The van der Waals surface area contributed by atoms with Crippen molar-refractivity contribution >= 4 is 39.8 Å². The van der Waals surface area contributed by atoms with Crippen LogP contribution in [0.4, 0.5) is 21.2 Å². The number of primary amides is 1. The Morgan fingerprint density at radius 3 is 2.62 bits per heavy atom. The third-order valence-corrected chi connectivity index (χ3v) is 7.03. The first kappa shape index (κ1) is 22.1. The van der Waals surface area contributed by atoms with Crippen LogP contribution >= 0.6 is 11.5 Å². The van der Waals surface area contributed by atoms with E-state index in [9.17, 15) is 9.59 Å². The van der Waals surface area contributed by atoms with Gasteiger partial charge in [-0.05, 0) is 54.6 Å². The van der Waals surface area contributed by atoms with Crippen molar-refractivity contribution in [3.8, 4) is 0 Å². The number of nitrogens with one attached hydrogen (secondary N) is 2. The highest BCUT2D eigenvalue weighted by molar-refractivity contribution is 7.10. The quantitative estimate of drug-likeness (QED) is 0.519. The van der Waals surface area contributed by atoms with E-state index >= 15 is 0 Å². The molecule has 34 heavy (non-hydrogen) atoms. The van der Waals surface area contributed by atoms with Crippen LogP contribution < -0.4 is 21.3 Å². The summed E-state index contributed by atoms with van der Waals surface area (Å²) in [5, 5.41) is 7.26. The van der Waals surface area contributed by atoms with E-state index in [0.29, 0.717) is 25.3 Å². The summed E-state index contributed by atoms with van der Waals surface area (Å²) >= 11 is 1.31. The number of aromatic nitrogens is 2. The van der Waals surface area contributed by atoms with Crippen LogP contribution in [0.5, 0.6) is 0 Å². The molecular formula is C24H27N7O2S. The fraction of sp³-hybridized carbons (Fsp3) is 0.333. The minimum absolute atomic E-state index is 0.0290. The lowest BCUT2D eigenvalue weighted by Gasteiger charge is -2.35. The van der Waals surface area contributed by atoms with Crippen molar-refractivity contribution in [2.75, 3.05) is 23.3 Å². The Kier molecular flexibility index (Phi) is 6.06. The van der Waals surface area contributed by atoms with Gasteiger partial charge in [0.15, 0.2) is 5.69 Å². The molecule has 2 aliphatic rings. The highest BCUT2D eigenvalue weighted by Crippen LogP contribution is 2.29. The molecule has 1 fully saturated rings. The molecule has 10 heteroatoms. The Hall–Kier alpha value is -3.66. The number of carbonyl (C=O) groups is 2. The Morgan fingerprint density at radius 1 is 1.18 bits per heavy atom. The van der Waals surface area contributed by atoms with Crippen LogP contribution in [0.3, 0.4) is 0 Å². The molecule has 0 spiro atoms. The summed E-state index contributed by atoms with van der Waals surface area (Å²) in [5.74, 6) is -0.592. The molecule has 2 aromatic heterocycles. The van der Waals surface area contributed by atoms with Gasteiger partial charge in [0.05, 0.1) is 23.3 Å². The van der Waals surface area contributed by atoms with Gasteiger partial charge >= 0.3 is 6.03 Å². The summed E-state index contributed by atoms with van der Waals surface area (Å²) in [6.07, 6.45) is 3.53. The number of anilines is 3. The van der Waals surface area contributed by atoms with Crippen molar-refractivity contribution in [3.05, 3.63) is 65.1 Å². The molecule has 0 saturated carbocycles. The van der Waals surface area contributed by atoms with Crippen LogP contribution in [0.1, 0.15) is 40.2 Å². The molecule has 1 saturated heterocycles. The number of urea groups is 1. The summed E-state index contributed by atoms with van der Waals surface area (Å²) < 4.78 is 4.27. The molecule has 9 nitrogen and oxygen atoms in total. The van der Waals surface area contributed by atoms with Crippen molar-refractivity contribution in [1.82, 2.24) is 19.6 Å². The summed E-state index contributed by atoms with van der Waals surface area (Å²) in [7, 11) is 0. The summed E-state index contributed by atoms with van der Waals surface area (Å²) in [5.41, 5.74) is 10.5. The lowest BCUT2D eigenvalue weighted by molar-refractivity contribution is 0.0996. The molecule has 3 aromatic rings. The van der Waals surface area contributed by atoms with E-state index in [1.54, 1.807) is 6.20 Å². The third kappa shape index (κ3) is 4.67. The van der Waals surface area contributed by atoms with E-state index in [2.05, 4.69) is 37.0 Å². The normalized spacial score (nSPS) is 17.4. The van der Waals surface area contributed by atoms with Crippen LogP contribution in [0, 0.1) is 6.92 Å². The zero-order valence-corrected chi connectivity index (χ0v) is 19.8. The van der Waals surface area contributed by atoms with Crippen molar-refractivity contribution in [2.24, 2.45) is 5.73 Å². The summed E-state index contributed by atoms with van der Waals surface area (Å²) in [4.78, 5) is 33.2. The Balaban J connectivity index is 1.27. The van der Waals surface area contributed by atoms with Crippen LogP contribution in [0.25, 0.3) is 0 Å². The monoisotopic (exact) mass is 477 g/mol. The Bertz CT molecular complexity index is 1200. The Morgan fingerprint density at radius 2 is 1.94 bits per heavy atom. The van der Waals surface area contributed by atoms with Crippen molar-refractivity contribution < 1.29 is 9.59 Å². The maximum Gasteiger partial charge on any atom is 0.318 e. The number of benzene rings is 1. The smallest absolute Gasteiger partial charge is 0.318 e. The SMILES string of the molecule is Cc1cc(Nc2cc(N3CCC[C@@H](NC(=O)N4Cc5ccccc5C4)C3)cnc2C(N)=O)sn1. The van der Waals surface area contributed by atoms with Gasteiger partial charge < -0.3 is 26.2 Å². The zero-order valence-electron chi connectivity index (χ0n) is 19.0. The molecule has 0 aliphatic carbocycles. The van der Waals surface area contributed by atoms with E-state index in [1.165, 1.54) is 22.7 Å². The third-order valence-electron chi connectivity index (χ3n) is 6.23. The van der Waals surface area contributed by atoms with Crippen molar-refractivity contribution in [1.29, 1.82) is 0 Å². The highest BCUT2D eigenvalue weighted by Gasteiger charge is 2.27. The Labute approximate surface area is 202 Å². The molecule has 1 aromatic carbocycles. The second kappa shape index (κ2) is 9.30. The number of carbonyl (C=O) groups excluding carboxylic acids is 2. The van der Waals surface area contributed by atoms with Gasteiger partial charge in [-0.25, -0.2) is 9.78 Å². The van der Waals surface area contributed by atoms with E-state index in [1.807, 2.05) is 36.1 Å². The topological polar surface area (TPSA) is 116 Å². The number of pyridine rings is 1. The van der Waals surface area contributed by atoms with Crippen molar-refractivity contribution in [3.63, 3.8) is 0 Å². The van der Waals surface area contributed by atoms with E-state index in [0.717, 1.165) is 35.8 Å². The number of amides is 3. The standard InChI is InChI=1S/C24H27N7O2S/c1-15-9-21(34-29-15)28-20-10-19(11-26-22(20)23(25)32)30-8-4-7-18(14-30)27-24(33)31-12-16-5-2-3-6-17(16)13-31/h2-3,5-6,9-11,18,28H,4,7-8,12-14H2,1H3,(H2,25,32)(H,27,33)/t18-/m1/s1. The molecule has 0 bridgehead atoms. The largest absolute Gasteiger partial charge is 0.368 e. The second-order valence-electron chi connectivity index (χ2n) is 8.77. The summed E-state index contributed by atoms with van der Waals surface area (Å²) in [6.45, 7) is 4.71. The predicted octanol–water partition coefficient (Wildman–Crippen LogP) is 3.38. The molecule has 4 heterocycles. The van der Waals surface area contributed by atoms with Crippen LogP contribution in [-0.4, -0.2) is 45.3 Å². The number of hydrogen-bond donors (Lipinski definition) is 3. The molecule has 5 rings (SSSR count). The average Bonchev–Trinajstić information content (AvgIpc) is 3.45. The number of nitrogens with two attached hydrogens (primary N) is 1. The number of rotatable bonds is 5. The minimum Gasteiger partial charge on any atom is -0.368 e. The van der Waals surface area contributed by atoms with Gasteiger partial charge in [-0.15, -0.1) is 0 Å². The minimum atomic E-state index is -0.592. The van der Waals surface area contributed by atoms with Gasteiger partial charge in [0.1, 0.15) is 5.00 Å². The van der Waals surface area contributed by atoms with Gasteiger partial charge in [-0.1, -0.05) is 24.3 Å². The first-order valence-electron chi connectivity index (χ1n) is 11.3. The fourth-order valence-electron chi connectivity index (χ4n) is 4.55. The number of nitrogens with zero attached hydrogens (tertiary/aromatic N) is 4. The number of aryl methyl sites for hydroxylation is 1. The summed E-state index contributed by atoms with van der Waals surface area (Å²) in [6, 6.07) is 12.0. The van der Waals surface area contributed by atoms with E-state index < -0.39 is 5.91 Å². The second-order valence-corrected chi connectivity index (χ2v) is 9.58. The first-order chi connectivity index (χ1) is 16.5. The highest BCUT2D eigenvalue weighted by atomic mass is 32.1. The van der Waals surface area contributed by atoms with Crippen LogP contribution in [-0.2, 0) is 13.1 Å².